The van der Waals surface area contributed by atoms with Crippen LogP contribution in [0.15, 0.2) is 29.4 Å². The Balaban J connectivity index is 0.00000300. The molecule has 1 aliphatic rings. The quantitative estimate of drug-likeness (QED) is 0.188. The van der Waals surface area contributed by atoms with Gasteiger partial charge in [0, 0.05) is 43.3 Å². The monoisotopic (exact) mass is 512 g/mol. The zero-order valence-electron chi connectivity index (χ0n) is 16.9. The van der Waals surface area contributed by atoms with E-state index in [1.54, 1.807) is 0 Å². The van der Waals surface area contributed by atoms with Gasteiger partial charge in [0.2, 0.25) is 5.91 Å². The minimum Gasteiger partial charge on any atom is -0.361 e. The number of nitrogens with one attached hydrogen (secondary N) is 4. The Kier molecular flexibility index (Phi) is 8.74. The van der Waals surface area contributed by atoms with Crippen molar-refractivity contribution in [3.05, 3.63) is 35.5 Å². The third-order valence-corrected chi connectivity index (χ3v) is 4.83. The summed E-state index contributed by atoms with van der Waals surface area (Å²) < 4.78 is 0. The first-order chi connectivity index (χ1) is 13.6. The molecule has 1 saturated heterocycles. The number of aromatic amines is 1. The summed E-state index contributed by atoms with van der Waals surface area (Å²) in [5.74, 6) is 0.489. The lowest BCUT2D eigenvalue weighted by Gasteiger charge is -2.15. The molecule has 158 valence electrons. The van der Waals surface area contributed by atoms with Crippen LogP contribution < -0.4 is 16.0 Å². The molecule has 4 N–H and O–H groups in total. The molecule has 1 aromatic carbocycles. The lowest BCUT2D eigenvalue weighted by atomic mass is 10.1. The zero-order valence-corrected chi connectivity index (χ0v) is 19.2. The van der Waals surface area contributed by atoms with E-state index < -0.39 is 0 Å². The van der Waals surface area contributed by atoms with Crippen molar-refractivity contribution in [2.24, 2.45) is 4.99 Å². The molecule has 1 fully saturated rings. The van der Waals surface area contributed by atoms with Crippen LogP contribution in [0.2, 0.25) is 0 Å². The minimum absolute atomic E-state index is 0. The number of carbonyl (C=O) groups excluding carboxylic acids is 2. The van der Waals surface area contributed by atoms with Gasteiger partial charge in [-0.25, -0.2) is 4.79 Å². The third kappa shape index (κ3) is 5.62. The number of fused-ring (bicyclic) bond motifs is 1. The van der Waals surface area contributed by atoms with Crippen LogP contribution in [-0.4, -0.2) is 60.5 Å². The minimum atomic E-state index is -0.334. The van der Waals surface area contributed by atoms with E-state index in [2.05, 4.69) is 57.2 Å². The molecule has 2 heterocycles. The maximum atomic E-state index is 11.6. The number of halogens is 1. The van der Waals surface area contributed by atoms with Crippen molar-refractivity contribution in [2.45, 2.75) is 26.7 Å². The van der Waals surface area contributed by atoms with Crippen molar-refractivity contribution in [3.63, 3.8) is 0 Å². The fourth-order valence-corrected chi connectivity index (χ4v) is 3.37. The molecule has 0 radical (unpaired) electrons. The molecule has 0 spiro atoms. The van der Waals surface area contributed by atoms with Crippen LogP contribution >= 0.6 is 24.0 Å². The lowest BCUT2D eigenvalue weighted by Crippen LogP contribution is -2.43. The summed E-state index contributed by atoms with van der Waals surface area (Å²) in [4.78, 5) is 32.4. The van der Waals surface area contributed by atoms with Gasteiger partial charge in [0.15, 0.2) is 5.96 Å². The molecule has 0 aliphatic carbocycles. The van der Waals surface area contributed by atoms with Gasteiger partial charge in [-0.05, 0) is 30.9 Å². The summed E-state index contributed by atoms with van der Waals surface area (Å²) >= 11 is 0. The number of nitrogens with zero attached hydrogens (tertiary/aromatic N) is 2. The number of benzene rings is 1. The smallest absolute Gasteiger partial charge is 0.324 e. The van der Waals surface area contributed by atoms with Gasteiger partial charge in [0.25, 0.3) is 0 Å². The summed E-state index contributed by atoms with van der Waals surface area (Å²) in [5, 5.41) is 10.1. The highest BCUT2D eigenvalue weighted by Crippen LogP contribution is 2.22. The number of rotatable bonds is 8. The van der Waals surface area contributed by atoms with Gasteiger partial charge in [-0.1, -0.05) is 25.1 Å². The molecule has 0 unspecified atom stereocenters. The summed E-state index contributed by atoms with van der Waals surface area (Å²) in [5.41, 5.74) is 3.79. The zero-order chi connectivity index (χ0) is 19.9. The van der Waals surface area contributed by atoms with Crippen LogP contribution in [0.3, 0.4) is 0 Å². The number of aliphatic imine (C=N–C) groups is 1. The van der Waals surface area contributed by atoms with Crippen molar-refractivity contribution in [2.75, 3.05) is 32.7 Å². The second-order valence-corrected chi connectivity index (χ2v) is 6.65. The van der Waals surface area contributed by atoms with E-state index in [9.17, 15) is 9.59 Å². The summed E-state index contributed by atoms with van der Waals surface area (Å²) in [7, 11) is 0. The van der Waals surface area contributed by atoms with Gasteiger partial charge in [0.1, 0.15) is 0 Å². The van der Waals surface area contributed by atoms with E-state index in [0.717, 1.165) is 19.4 Å². The molecule has 2 aromatic rings. The molecular weight excluding hydrogens is 483 g/mol. The van der Waals surface area contributed by atoms with Gasteiger partial charge in [0.05, 0.1) is 6.54 Å². The van der Waals surface area contributed by atoms with E-state index in [0.29, 0.717) is 25.6 Å². The SMILES string of the molecule is CCNC(=NCCc1c[nH]c2c(CC)cccc12)NCCN1C(=O)CNC1=O.I. The number of amides is 3. The maximum absolute atomic E-state index is 11.6. The number of para-hydroxylation sites is 1. The van der Waals surface area contributed by atoms with Crippen molar-refractivity contribution in [1.29, 1.82) is 0 Å². The topological polar surface area (TPSA) is 102 Å². The third-order valence-electron chi connectivity index (χ3n) is 4.83. The van der Waals surface area contributed by atoms with Gasteiger partial charge in [-0.3, -0.25) is 14.7 Å². The Labute approximate surface area is 187 Å². The molecule has 3 rings (SSSR count). The van der Waals surface area contributed by atoms with Crippen molar-refractivity contribution < 1.29 is 9.59 Å². The molecular formula is C20H29IN6O2. The number of aromatic nitrogens is 1. The normalized spacial score (nSPS) is 14.1. The van der Waals surface area contributed by atoms with Gasteiger partial charge >= 0.3 is 6.03 Å². The van der Waals surface area contributed by atoms with Crippen molar-refractivity contribution in [3.8, 4) is 0 Å². The summed E-state index contributed by atoms with van der Waals surface area (Å²) in [6.45, 7) is 6.39. The first-order valence-electron chi connectivity index (χ1n) is 9.82. The maximum Gasteiger partial charge on any atom is 0.324 e. The number of H-pyrrole nitrogens is 1. The molecule has 1 aromatic heterocycles. The largest absolute Gasteiger partial charge is 0.361 e. The Morgan fingerprint density at radius 2 is 2.03 bits per heavy atom. The number of imide groups is 1. The second-order valence-electron chi connectivity index (χ2n) is 6.65. The highest BCUT2D eigenvalue weighted by molar-refractivity contribution is 14.0. The highest BCUT2D eigenvalue weighted by atomic mass is 127. The second kappa shape index (κ2) is 11.0. The molecule has 3 amide bonds. The van der Waals surface area contributed by atoms with E-state index in [1.807, 2.05) is 6.92 Å². The van der Waals surface area contributed by atoms with Gasteiger partial charge in [-0.15, -0.1) is 24.0 Å². The first kappa shape index (κ1) is 23.0. The molecule has 0 atom stereocenters. The molecule has 0 bridgehead atoms. The van der Waals surface area contributed by atoms with Crippen LogP contribution in [0.4, 0.5) is 4.79 Å². The average molecular weight is 512 g/mol. The molecule has 1 aliphatic heterocycles. The van der Waals surface area contributed by atoms with Crippen LogP contribution in [0.25, 0.3) is 10.9 Å². The number of urea groups is 1. The lowest BCUT2D eigenvalue weighted by molar-refractivity contribution is -0.124. The van der Waals surface area contributed by atoms with Gasteiger partial charge in [-0.2, -0.15) is 0 Å². The molecule has 9 heteroatoms. The first-order valence-corrected chi connectivity index (χ1v) is 9.82. The molecule has 8 nitrogen and oxygen atoms in total. The standard InChI is InChI=1S/C20H28N6O2.HI/c1-3-14-6-5-7-16-15(12-24-18(14)16)8-9-22-19(21-4-2)23-10-11-26-17(27)13-25-20(26)28;/h5-7,12,24H,3-4,8-11,13H2,1-2H3,(H,25,28)(H2,21,22,23);1H. The van der Waals surface area contributed by atoms with Crippen LogP contribution in [-0.2, 0) is 17.6 Å². The van der Waals surface area contributed by atoms with Crippen LogP contribution in [0.5, 0.6) is 0 Å². The predicted molar refractivity (Wildman–Crippen MR) is 126 cm³/mol. The van der Waals surface area contributed by atoms with E-state index >= 15 is 0 Å². The Morgan fingerprint density at radius 3 is 2.72 bits per heavy atom. The summed E-state index contributed by atoms with van der Waals surface area (Å²) in [6.07, 6.45) is 3.90. The fraction of sp³-hybridized carbons (Fsp3) is 0.450. The Bertz CT molecular complexity index is 863. The number of hydrogen-bond acceptors (Lipinski definition) is 3. The van der Waals surface area contributed by atoms with Crippen LogP contribution in [0, 0.1) is 0 Å². The number of aryl methyl sites for hydroxylation is 1. The summed E-state index contributed by atoms with van der Waals surface area (Å²) in [6, 6.07) is 6.06. The van der Waals surface area contributed by atoms with E-state index in [-0.39, 0.29) is 42.5 Å². The highest BCUT2D eigenvalue weighted by Gasteiger charge is 2.27. The van der Waals surface area contributed by atoms with Crippen molar-refractivity contribution >= 4 is 52.8 Å². The number of carbonyl (C=O) groups is 2. The van der Waals surface area contributed by atoms with E-state index in [1.165, 1.54) is 26.9 Å². The average Bonchev–Trinajstić information content (AvgIpc) is 3.25. The number of hydrogen-bond donors (Lipinski definition) is 4. The fourth-order valence-electron chi connectivity index (χ4n) is 3.37. The van der Waals surface area contributed by atoms with Gasteiger partial charge < -0.3 is 20.9 Å². The van der Waals surface area contributed by atoms with Crippen LogP contribution in [0.1, 0.15) is 25.0 Å². The van der Waals surface area contributed by atoms with Crippen molar-refractivity contribution in [1.82, 2.24) is 25.8 Å². The molecule has 29 heavy (non-hydrogen) atoms. The predicted octanol–water partition coefficient (Wildman–Crippen LogP) is 2.00. The van der Waals surface area contributed by atoms with E-state index in [4.69, 9.17) is 0 Å². The molecule has 0 saturated carbocycles. The Morgan fingerprint density at radius 1 is 1.21 bits per heavy atom. The Hall–Kier alpha value is -2.30. The number of guanidine groups is 1.